The maximum absolute atomic E-state index is 12.9. The standard InChI is InChI=1S/C18H13FN2O3/c1-11(20-16(22)12-7-9-14(19)10-8-12)15-18(23)24-17(21-15)13-5-3-2-4-6-13/h2-10,23H,1H3. The van der Waals surface area contributed by atoms with E-state index in [2.05, 4.69) is 9.98 Å². The first-order valence-corrected chi connectivity index (χ1v) is 7.15. The molecule has 3 aromatic rings. The number of amides is 1. The Morgan fingerprint density at radius 3 is 2.46 bits per heavy atom. The second kappa shape index (κ2) is 6.45. The zero-order valence-corrected chi connectivity index (χ0v) is 12.7. The molecule has 5 nitrogen and oxygen atoms in total. The third-order valence-electron chi connectivity index (χ3n) is 3.33. The van der Waals surface area contributed by atoms with E-state index in [0.717, 1.165) is 0 Å². The fourth-order valence-corrected chi connectivity index (χ4v) is 2.11. The van der Waals surface area contributed by atoms with Crippen LogP contribution in [0.25, 0.3) is 11.5 Å². The molecular weight excluding hydrogens is 311 g/mol. The Balaban J connectivity index is 1.89. The minimum Gasteiger partial charge on any atom is -0.479 e. The lowest BCUT2D eigenvalue weighted by atomic mass is 10.2. The Kier molecular flexibility index (Phi) is 4.20. The van der Waals surface area contributed by atoms with E-state index < -0.39 is 17.7 Å². The molecule has 0 aliphatic rings. The number of carbonyl (C=O) groups is 1. The van der Waals surface area contributed by atoms with E-state index in [9.17, 15) is 14.3 Å². The summed E-state index contributed by atoms with van der Waals surface area (Å²) < 4.78 is 18.1. The number of hydrogen-bond acceptors (Lipinski definition) is 4. The zero-order chi connectivity index (χ0) is 17.1. The van der Waals surface area contributed by atoms with Crippen molar-refractivity contribution in [1.29, 1.82) is 0 Å². The van der Waals surface area contributed by atoms with Gasteiger partial charge in [-0.2, -0.15) is 0 Å². The molecule has 1 aromatic heterocycles. The molecule has 3 rings (SSSR count). The van der Waals surface area contributed by atoms with Crippen LogP contribution in [0.2, 0.25) is 0 Å². The summed E-state index contributed by atoms with van der Waals surface area (Å²) in [6.45, 7) is 1.54. The van der Waals surface area contributed by atoms with Crippen LogP contribution in [0.15, 0.2) is 64.0 Å². The molecule has 6 heteroatoms. The molecule has 120 valence electrons. The molecule has 24 heavy (non-hydrogen) atoms. The third kappa shape index (κ3) is 3.22. The van der Waals surface area contributed by atoms with Crippen molar-refractivity contribution in [3.05, 3.63) is 71.7 Å². The first kappa shape index (κ1) is 15.6. The molecular formula is C18H13FN2O3. The van der Waals surface area contributed by atoms with Crippen LogP contribution in [-0.4, -0.2) is 21.7 Å². The summed E-state index contributed by atoms with van der Waals surface area (Å²) in [7, 11) is 0. The van der Waals surface area contributed by atoms with Crippen molar-refractivity contribution < 1.29 is 18.7 Å². The van der Waals surface area contributed by atoms with Crippen molar-refractivity contribution in [3.63, 3.8) is 0 Å². The monoisotopic (exact) mass is 324 g/mol. The molecule has 0 aliphatic heterocycles. The van der Waals surface area contributed by atoms with Crippen molar-refractivity contribution in [3.8, 4) is 17.4 Å². The van der Waals surface area contributed by atoms with Crippen molar-refractivity contribution >= 4 is 11.6 Å². The van der Waals surface area contributed by atoms with Gasteiger partial charge in [-0.25, -0.2) is 14.4 Å². The van der Waals surface area contributed by atoms with Crippen molar-refractivity contribution in [1.82, 2.24) is 4.98 Å². The summed E-state index contributed by atoms with van der Waals surface area (Å²) >= 11 is 0. The highest BCUT2D eigenvalue weighted by Gasteiger charge is 2.17. The second-order valence-corrected chi connectivity index (χ2v) is 5.05. The molecule has 0 atom stereocenters. The van der Waals surface area contributed by atoms with Crippen LogP contribution in [0.5, 0.6) is 5.95 Å². The quantitative estimate of drug-likeness (QED) is 0.743. The SMILES string of the molecule is CC(=NC(=O)c1ccc(F)cc1)c1nc(-c2ccccc2)oc1O. The lowest BCUT2D eigenvalue weighted by Crippen LogP contribution is -2.03. The number of carbonyl (C=O) groups excluding carboxylic acids is 1. The maximum atomic E-state index is 12.9. The van der Waals surface area contributed by atoms with Crippen LogP contribution >= 0.6 is 0 Å². The van der Waals surface area contributed by atoms with E-state index in [1.807, 2.05) is 18.2 Å². The highest BCUT2D eigenvalue weighted by molar-refractivity contribution is 6.09. The Labute approximate surface area is 137 Å². The van der Waals surface area contributed by atoms with E-state index in [0.29, 0.717) is 5.56 Å². The van der Waals surface area contributed by atoms with Gasteiger partial charge in [0, 0.05) is 11.1 Å². The predicted molar refractivity (Wildman–Crippen MR) is 86.5 cm³/mol. The summed E-state index contributed by atoms with van der Waals surface area (Å²) in [5.41, 5.74) is 1.22. The van der Waals surface area contributed by atoms with Crippen LogP contribution in [-0.2, 0) is 0 Å². The fourth-order valence-electron chi connectivity index (χ4n) is 2.11. The van der Waals surface area contributed by atoms with Gasteiger partial charge < -0.3 is 9.52 Å². The molecule has 1 heterocycles. The first-order chi connectivity index (χ1) is 11.5. The average molecular weight is 324 g/mol. The Morgan fingerprint density at radius 1 is 1.12 bits per heavy atom. The number of nitrogens with zero attached hydrogens (tertiary/aromatic N) is 2. The lowest BCUT2D eigenvalue weighted by molar-refractivity contribution is 0.100. The van der Waals surface area contributed by atoms with E-state index in [-0.39, 0.29) is 22.9 Å². The average Bonchev–Trinajstić information content (AvgIpc) is 2.98. The predicted octanol–water partition coefficient (Wildman–Crippen LogP) is 3.84. The van der Waals surface area contributed by atoms with Crippen LogP contribution in [0.4, 0.5) is 4.39 Å². The molecule has 2 aromatic carbocycles. The van der Waals surface area contributed by atoms with Gasteiger partial charge in [0.05, 0.1) is 5.71 Å². The van der Waals surface area contributed by atoms with E-state index in [1.165, 1.54) is 31.2 Å². The zero-order valence-electron chi connectivity index (χ0n) is 12.7. The summed E-state index contributed by atoms with van der Waals surface area (Å²) in [4.78, 5) is 20.1. The number of rotatable bonds is 3. The van der Waals surface area contributed by atoms with E-state index in [4.69, 9.17) is 4.42 Å². The van der Waals surface area contributed by atoms with Crippen molar-refractivity contribution in [2.24, 2.45) is 4.99 Å². The topological polar surface area (TPSA) is 75.7 Å². The number of aromatic nitrogens is 1. The van der Waals surface area contributed by atoms with E-state index >= 15 is 0 Å². The number of hydrogen-bond donors (Lipinski definition) is 1. The summed E-state index contributed by atoms with van der Waals surface area (Å²) in [6.07, 6.45) is 0. The van der Waals surface area contributed by atoms with Gasteiger partial charge in [0.2, 0.25) is 5.89 Å². The molecule has 1 amide bonds. The number of aliphatic imine (C=N–C) groups is 1. The minimum absolute atomic E-state index is 0.0873. The molecule has 0 saturated carbocycles. The molecule has 0 aliphatic carbocycles. The molecule has 1 N–H and O–H groups in total. The Morgan fingerprint density at radius 2 is 1.79 bits per heavy atom. The van der Waals surface area contributed by atoms with Crippen molar-refractivity contribution in [2.75, 3.05) is 0 Å². The Bertz CT molecular complexity index is 900. The van der Waals surface area contributed by atoms with Crippen LogP contribution in [0.1, 0.15) is 23.0 Å². The number of oxazole rings is 1. The number of aromatic hydroxyl groups is 1. The van der Waals surface area contributed by atoms with Gasteiger partial charge in [-0.05, 0) is 43.3 Å². The summed E-state index contributed by atoms with van der Waals surface area (Å²) in [5.74, 6) is -1.18. The molecule has 0 spiro atoms. The molecule has 0 bridgehead atoms. The van der Waals surface area contributed by atoms with Gasteiger partial charge in [0.25, 0.3) is 5.91 Å². The first-order valence-electron chi connectivity index (χ1n) is 7.15. The van der Waals surface area contributed by atoms with Gasteiger partial charge in [-0.3, -0.25) is 4.79 Å². The maximum Gasteiger partial charge on any atom is 0.312 e. The second-order valence-electron chi connectivity index (χ2n) is 5.05. The summed E-state index contributed by atoms with van der Waals surface area (Å²) in [5, 5.41) is 9.91. The largest absolute Gasteiger partial charge is 0.479 e. The molecule has 0 fully saturated rings. The van der Waals surface area contributed by atoms with Gasteiger partial charge in [0.15, 0.2) is 5.69 Å². The lowest BCUT2D eigenvalue weighted by Gasteiger charge is -1.97. The normalized spacial score (nSPS) is 11.5. The van der Waals surface area contributed by atoms with Crippen LogP contribution < -0.4 is 0 Å². The highest BCUT2D eigenvalue weighted by atomic mass is 19.1. The highest BCUT2D eigenvalue weighted by Crippen LogP contribution is 2.26. The van der Waals surface area contributed by atoms with Crippen LogP contribution in [0.3, 0.4) is 0 Å². The fraction of sp³-hybridized carbons (Fsp3) is 0.0556. The summed E-state index contributed by atoms with van der Waals surface area (Å²) in [6, 6.07) is 14.1. The molecule has 0 radical (unpaired) electrons. The smallest absolute Gasteiger partial charge is 0.312 e. The van der Waals surface area contributed by atoms with E-state index in [1.54, 1.807) is 12.1 Å². The third-order valence-corrected chi connectivity index (χ3v) is 3.33. The Hall–Kier alpha value is -3.28. The van der Waals surface area contributed by atoms with Gasteiger partial charge >= 0.3 is 5.95 Å². The van der Waals surface area contributed by atoms with Gasteiger partial charge in [-0.15, -0.1) is 0 Å². The van der Waals surface area contributed by atoms with Crippen molar-refractivity contribution in [2.45, 2.75) is 6.92 Å². The minimum atomic E-state index is -0.559. The van der Waals surface area contributed by atoms with Crippen LogP contribution in [0, 0.1) is 5.82 Å². The number of halogens is 1. The van der Waals surface area contributed by atoms with Gasteiger partial charge in [-0.1, -0.05) is 18.2 Å². The van der Waals surface area contributed by atoms with Gasteiger partial charge in [0.1, 0.15) is 5.82 Å². The molecule has 0 unspecified atom stereocenters. The number of benzene rings is 2. The molecule has 0 saturated heterocycles.